The van der Waals surface area contributed by atoms with Gasteiger partial charge in [-0.3, -0.25) is 105 Å². The van der Waals surface area contributed by atoms with Crippen LogP contribution in [-0.2, 0) is 0 Å². The van der Waals surface area contributed by atoms with E-state index in [1.165, 1.54) is 147 Å². The Bertz CT molecular complexity index is 5860. The first-order chi connectivity index (χ1) is 58.0. The molecule has 0 aliphatic carbocycles. The smallest absolute Gasteiger partial charge is 0.283 e. The number of methoxy groups -OCH3 is 7. The number of nitro benzene ring substituents is 8. The lowest BCUT2D eigenvalue weighted by Crippen LogP contribution is -2.02. The number of carbonyl (C=O) groups is 5. The zero-order chi connectivity index (χ0) is 90.2. The van der Waals surface area contributed by atoms with E-state index in [-0.39, 0.29) is 68.2 Å². The zero-order valence-electron chi connectivity index (χ0n) is 66.7. The molecular weight excluding hydrogens is 1590 g/mol. The molecule has 0 amide bonds. The summed E-state index contributed by atoms with van der Waals surface area (Å²) in [5, 5.41) is 86.8. The van der Waals surface area contributed by atoms with Gasteiger partial charge in [0.1, 0.15) is 5.75 Å². The second-order valence-corrected chi connectivity index (χ2v) is 25.0. The quantitative estimate of drug-likeness (QED) is 0.0175. The molecule has 10 rings (SSSR count). The third-order valence-corrected chi connectivity index (χ3v) is 17.2. The second kappa shape index (κ2) is 44.8. The monoisotopic (exact) mass is 1670 g/mol. The highest BCUT2D eigenvalue weighted by molar-refractivity contribution is 6.11. The Labute approximate surface area is 693 Å². The highest BCUT2D eigenvalue weighted by atomic mass is 16.7. The Hall–Kier alpha value is -17.0. The van der Waals surface area contributed by atoms with Crippen molar-refractivity contribution in [3.8, 4) is 40.2 Å². The maximum absolute atomic E-state index is 12.5. The fourth-order valence-corrected chi connectivity index (χ4v) is 11.0. The van der Waals surface area contributed by atoms with E-state index in [0.29, 0.717) is 67.9 Å². The van der Waals surface area contributed by atoms with Gasteiger partial charge < -0.3 is 33.2 Å². The van der Waals surface area contributed by atoms with Gasteiger partial charge in [0.2, 0.25) is 0 Å². The van der Waals surface area contributed by atoms with Gasteiger partial charge in [-0.1, -0.05) is 84.4 Å². The maximum atomic E-state index is 12.5. The molecule has 0 aromatic heterocycles. The summed E-state index contributed by atoms with van der Waals surface area (Å²) < 4.78 is 36.7. The number of allylic oxidation sites excluding steroid dienone is 5. The number of ether oxygens (including phenoxy) is 7. The summed E-state index contributed by atoms with van der Waals surface area (Å²) in [5.41, 5.74) is 4.30. The Morgan fingerprint density at radius 3 is 0.910 bits per heavy atom. The number of ketones is 5. The van der Waals surface area contributed by atoms with E-state index in [1.54, 1.807) is 116 Å². The van der Waals surface area contributed by atoms with Crippen LogP contribution >= 0.6 is 0 Å². The number of aryl methyl sites for hydroxylation is 4. The molecule has 0 unspecified atom stereocenters. The van der Waals surface area contributed by atoms with Gasteiger partial charge in [0.05, 0.1) is 141 Å². The normalized spacial score (nSPS) is 10.6. The predicted molar refractivity (Wildman–Crippen MR) is 449 cm³/mol. The molecular formula is C86H74N8O28. The van der Waals surface area contributed by atoms with E-state index < -0.39 is 73.6 Å². The van der Waals surface area contributed by atoms with Crippen molar-refractivity contribution in [2.24, 2.45) is 0 Å². The van der Waals surface area contributed by atoms with Crippen molar-refractivity contribution < 1.29 is 96.5 Å². The number of nitro groups is 8. The number of hydrogen-bond acceptors (Lipinski definition) is 28. The lowest BCUT2D eigenvalue weighted by atomic mass is 10.0. The van der Waals surface area contributed by atoms with Crippen molar-refractivity contribution in [2.75, 3.05) is 49.8 Å². The van der Waals surface area contributed by atoms with Gasteiger partial charge in [-0.25, -0.2) is 0 Å². The van der Waals surface area contributed by atoms with Crippen LogP contribution in [0.3, 0.4) is 0 Å². The van der Waals surface area contributed by atoms with E-state index in [9.17, 15) is 105 Å². The molecule has 0 heterocycles. The number of rotatable bonds is 30. The van der Waals surface area contributed by atoms with Crippen LogP contribution in [-0.4, -0.2) is 118 Å². The van der Waals surface area contributed by atoms with Crippen molar-refractivity contribution >= 4 is 105 Å². The molecule has 0 spiro atoms. The van der Waals surface area contributed by atoms with Gasteiger partial charge in [-0.15, -0.1) is 0 Å². The SMILES string of the molecule is COc1c(C)ccc(C(=O)/C=C/c2ccc([N+](=O)[O-])cc2)c1OC.COc1c(C)ccc(C(=O)/C=C/c2ccc([N+](=O)[O-])cc2[N+](=O)[O-])c1OC.COc1c(C)ccc(C(=O)/C=C/c2cccc([N+](=O)[O-])c2)c1OC.COc1cccc(C(=O)/C=C/c2ccc([N+](=O)[O-])cc2[N+](=O)[O-])c1.Cc1ccc(C(=O)/C=C/c2ccc([N+](=O)[O-])cc2[N+](=O)[O-])cc1. The van der Waals surface area contributed by atoms with Crippen molar-refractivity contribution in [2.45, 2.75) is 27.7 Å². The fourth-order valence-electron chi connectivity index (χ4n) is 11.0. The molecule has 0 atom stereocenters. The minimum Gasteiger partial charge on any atom is -0.497 e. The van der Waals surface area contributed by atoms with E-state index in [0.717, 1.165) is 64.7 Å². The van der Waals surface area contributed by atoms with Crippen LogP contribution in [0, 0.1) is 109 Å². The van der Waals surface area contributed by atoms with E-state index in [2.05, 4.69) is 0 Å². The van der Waals surface area contributed by atoms with Crippen LogP contribution in [0.5, 0.6) is 40.2 Å². The minimum absolute atomic E-state index is 0.00316. The maximum Gasteiger partial charge on any atom is 0.283 e. The Morgan fingerprint density at radius 1 is 0.262 bits per heavy atom. The molecule has 122 heavy (non-hydrogen) atoms. The molecule has 0 saturated carbocycles. The molecule has 10 aromatic rings. The predicted octanol–water partition coefficient (Wildman–Crippen LogP) is 18.5. The fraction of sp³-hybridized carbons (Fsp3) is 0.128. The largest absolute Gasteiger partial charge is 0.497 e. The van der Waals surface area contributed by atoms with Gasteiger partial charge in [0, 0.05) is 53.6 Å². The highest BCUT2D eigenvalue weighted by Gasteiger charge is 2.25. The van der Waals surface area contributed by atoms with Crippen LogP contribution < -0.4 is 33.2 Å². The second-order valence-electron chi connectivity index (χ2n) is 25.0. The van der Waals surface area contributed by atoms with E-state index >= 15 is 0 Å². The van der Waals surface area contributed by atoms with E-state index in [1.807, 2.05) is 20.8 Å². The lowest BCUT2D eigenvalue weighted by molar-refractivity contribution is -0.394. The summed E-state index contributed by atoms with van der Waals surface area (Å²) >= 11 is 0. The molecule has 0 aliphatic heterocycles. The van der Waals surface area contributed by atoms with Crippen molar-refractivity contribution in [1.29, 1.82) is 0 Å². The highest BCUT2D eigenvalue weighted by Crippen LogP contribution is 2.39. The number of carbonyl (C=O) groups excluding carboxylic acids is 5. The first-order valence-electron chi connectivity index (χ1n) is 35.3. The van der Waals surface area contributed by atoms with Crippen molar-refractivity contribution in [3.63, 3.8) is 0 Å². The molecule has 36 heteroatoms. The average molecular weight is 1670 g/mol. The Kier molecular flexibility index (Phi) is 34.5. The average Bonchev–Trinajstić information content (AvgIpc) is 0.848. The van der Waals surface area contributed by atoms with E-state index in [4.69, 9.17) is 33.2 Å². The van der Waals surface area contributed by atoms with Gasteiger partial charge >= 0.3 is 0 Å². The van der Waals surface area contributed by atoms with Gasteiger partial charge in [-0.2, -0.15) is 0 Å². The van der Waals surface area contributed by atoms with Crippen LogP contribution in [0.15, 0.2) is 218 Å². The molecule has 36 nitrogen and oxygen atoms in total. The Morgan fingerprint density at radius 2 is 0.574 bits per heavy atom. The molecule has 0 bridgehead atoms. The van der Waals surface area contributed by atoms with Crippen LogP contribution in [0.25, 0.3) is 30.4 Å². The lowest BCUT2D eigenvalue weighted by Gasteiger charge is -2.13. The topological polar surface area (TPSA) is 495 Å². The molecule has 626 valence electrons. The zero-order valence-corrected chi connectivity index (χ0v) is 66.7. The first-order valence-corrected chi connectivity index (χ1v) is 35.3. The summed E-state index contributed by atoms with van der Waals surface area (Å²) in [5.74, 6) is 1.29. The summed E-state index contributed by atoms with van der Waals surface area (Å²) in [6, 6.07) is 45.2. The molecule has 10 aromatic carbocycles. The molecule has 0 radical (unpaired) electrons. The number of benzene rings is 10. The number of nitrogens with zero attached hydrogens (tertiary/aromatic N) is 8. The van der Waals surface area contributed by atoms with Gasteiger partial charge in [0.25, 0.3) is 45.5 Å². The van der Waals surface area contributed by atoms with Gasteiger partial charge in [0.15, 0.2) is 63.4 Å². The summed E-state index contributed by atoms with van der Waals surface area (Å²) in [4.78, 5) is 143. The molecule has 0 aliphatic rings. The van der Waals surface area contributed by atoms with Crippen LogP contribution in [0.1, 0.15) is 102 Å². The summed E-state index contributed by atoms with van der Waals surface area (Å²) in [6.07, 6.45) is 13.2. The molecule has 0 N–H and O–H groups in total. The standard InChI is InChI=1S/C18H16N2O7.2C18H17NO5.C16H12N2O6.C16H12N2O5/c1-11-4-8-14(18(27-3)17(11)26-2)16(21)9-6-12-5-7-13(19(22)23)10-15(12)20(24)25;1-12-4-10-15(18(24-3)17(12)23-2)16(20)11-7-13-5-8-14(9-6-13)19(21)22;1-12-7-9-15(18(24-3)17(12)23-2)16(20)10-8-13-5-4-6-14(11-13)19(21)22;1-24-14-4-2-3-12(9-14)16(19)8-6-11-5-7-13(17(20)21)10-15(11)18(22)23;1-11-2-4-13(5-3-11)16(19)9-7-12-6-8-14(17(20)21)10-15(12)18(22)23/h4-10H,1-3H3;2*4-11H,1-3H3;2-10H,1H3;2-10H,1H3/b9-6+;11-7+;10-8+;8-6+;9-7+. The minimum atomic E-state index is -0.743. The van der Waals surface area contributed by atoms with Crippen molar-refractivity contribution in [1.82, 2.24) is 0 Å². The van der Waals surface area contributed by atoms with Crippen LogP contribution in [0.4, 0.5) is 45.5 Å². The molecule has 0 saturated heterocycles. The summed E-state index contributed by atoms with van der Waals surface area (Å²) in [7, 11) is 10.3. The third kappa shape index (κ3) is 25.8. The molecule has 0 fully saturated rings. The number of hydrogen-bond donors (Lipinski definition) is 0. The van der Waals surface area contributed by atoms with Crippen molar-refractivity contribution in [3.05, 3.63) is 377 Å². The number of non-ortho nitro benzene ring substituents is 5. The summed E-state index contributed by atoms with van der Waals surface area (Å²) in [6.45, 7) is 7.41. The first kappa shape index (κ1) is 93.9. The Balaban J connectivity index is 0.000000236. The third-order valence-electron chi connectivity index (χ3n) is 17.2. The van der Waals surface area contributed by atoms with Gasteiger partial charge in [-0.05, 0) is 165 Å². The van der Waals surface area contributed by atoms with Crippen LogP contribution in [0.2, 0.25) is 0 Å².